The van der Waals surface area contributed by atoms with Crippen LogP contribution in [-0.4, -0.2) is 53.0 Å². The molecule has 7 nitrogen and oxygen atoms in total. The first kappa shape index (κ1) is 17.9. The molecule has 0 N–H and O–H groups in total. The largest absolute Gasteiger partial charge is 0.298 e. The molecule has 0 aromatic carbocycles. The van der Waals surface area contributed by atoms with Gasteiger partial charge in [0.2, 0.25) is 10.0 Å². The summed E-state index contributed by atoms with van der Waals surface area (Å²) in [5.74, 6) is 0.353. The zero-order chi connectivity index (χ0) is 17.4. The van der Waals surface area contributed by atoms with E-state index in [-0.39, 0.29) is 16.4 Å². The maximum atomic E-state index is 12.2. The fourth-order valence-electron chi connectivity index (χ4n) is 1.66. The molecule has 9 heteroatoms. The highest BCUT2D eigenvalue weighted by molar-refractivity contribution is 7.99. The van der Waals surface area contributed by atoms with Crippen LogP contribution in [0.4, 0.5) is 0 Å². The van der Waals surface area contributed by atoms with Crippen LogP contribution < -0.4 is 0 Å². The lowest BCUT2D eigenvalue weighted by atomic mass is 9.92. The van der Waals surface area contributed by atoms with Crippen LogP contribution in [0, 0.1) is 5.41 Å². The minimum absolute atomic E-state index is 0.0938. The maximum Gasteiger partial charge on any atom is 0.244 e. The van der Waals surface area contributed by atoms with Gasteiger partial charge in [-0.15, -0.1) is 10.2 Å². The van der Waals surface area contributed by atoms with Crippen molar-refractivity contribution in [1.29, 1.82) is 0 Å². The molecule has 0 amide bonds. The number of Topliss-reactive ketones (excluding diaryl/α,β-unsaturated/α-hetero) is 1. The fraction of sp³-hybridized carbons (Fsp3) is 0.500. The van der Waals surface area contributed by atoms with Crippen molar-refractivity contribution in [1.82, 2.24) is 18.9 Å². The molecule has 0 aliphatic rings. The molecular weight excluding hydrogens is 336 g/mol. The van der Waals surface area contributed by atoms with Crippen LogP contribution in [0.3, 0.4) is 0 Å². The molecule has 0 spiro atoms. The number of thioether (sulfide) groups is 1. The summed E-state index contributed by atoms with van der Waals surface area (Å²) in [6.45, 7) is 5.58. The van der Waals surface area contributed by atoms with Gasteiger partial charge in [0.15, 0.2) is 10.8 Å². The number of sulfonamides is 1. The first-order valence-corrected chi connectivity index (χ1v) is 9.39. The third-order valence-electron chi connectivity index (χ3n) is 3.29. The average molecular weight is 356 g/mol. The average Bonchev–Trinajstić information content (AvgIpc) is 2.85. The molecule has 0 saturated carbocycles. The summed E-state index contributed by atoms with van der Waals surface area (Å²) >= 11 is 1.25. The minimum Gasteiger partial charge on any atom is -0.298 e. The SMILES string of the molecule is CN(C)S(=O)(=O)c1ccc2nnc(SCC(=O)C(C)(C)C)n2c1. The van der Waals surface area contributed by atoms with Gasteiger partial charge in [-0.1, -0.05) is 32.5 Å². The number of rotatable bonds is 5. The van der Waals surface area contributed by atoms with E-state index in [4.69, 9.17) is 0 Å². The predicted molar refractivity (Wildman–Crippen MR) is 89.0 cm³/mol. The Hall–Kier alpha value is -1.45. The molecule has 2 aromatic rings. The number of hydrogen-bond acceptors (Lipinski definition) is 6. The van der Waals surface area contributed by atoms with Crippen molar-refractivity contribution in [2.24, 2.45) is 5.41 Å². The molecule has 0 atom stereocenters. The highest BCUT2D eigenvalue weighted by Crippen LogP contribution is 2.24. The molecule has 0 bridgehead atoms. The summed E-state index contributed by atoms with van der Waals surface area (Å²) in [5.41, 5.74) is 0.112. The lowest BCUT2D eigenvalue weighted by Gasteiger charge is -2.15. The second kappa shape index (κ2) is 6.21. The molecule has 23 heavy (non-hydrogen) atoms. The monoisotopic (exact) mass is 356 g/mol. The second-order valence-corrected chi connectivity index (χ2v) is 9.42. The third-order valence-corrected chi connectivity index (χ3v) is 6.03. The van der Waals surface area contributed by atoms with E-state index < -0.39 is 15.4 Å². The van der Waals surface area contributed by atoms with Crippen molar-refractivity contribution in [2.45, 2.75) is 30.8 Å². The van der Waals surface area contributed by atoms with Crippen LogP contribution in [0.2, 0.25) is 0 Å². The van der Waals surface area contributed by atoms with E-state index in [0.29, 0.717) is 10.8 Å². The molecule has 126 valence electrons. The van der Waals surface area contributed by atoms with Gasteiger partial charge >= 0.3 is 0 Å². The number of carbonyl (C=O) groups is 1. The molecule has 0 saturated heterocycles. The van der Waals surface area contributed by atoms with Crippen LogP contribution in [0.5, 0.6) is 0 Å². The molecule has 0 aliphatic carbocycles. The molecule has 0 unspecified atom stereocenters. The van der Waals surface area contributed by atoms with Crippen LogP contribution in [0.25, 0.3) is 5.65 Å². The molecule has 0 aliphatic heterocycles. The van der Waals surface area contributed by atoms with Gasteiger partial charge in [0.25, 0.3) is 0 Å². The summed E-state index contributed by atoms with van der Waals surface area (Å²) in [5, 5.41) is 8.53. The normalized spacial score (nSPS) is 13.0. The number of ketones is 1. The van der Waals surface area contributed by atoms with E-state index in [0.717, 1.165) is 4.31 Å². The Morgan fingerprint density at radius 2 is 1.91 bits per heavy atom. The van der Waals surface area contributed by atoms with Gasteiger partial charge in [-0.05, 0) is 12.1 Å². The van der Waals surface area contributed by atoms with Crippen molar-refractivity contribution in [2.75, 3.05) is 19.8 Å². The Kier molecular flexibility index (Phi) is 4.84. The van der Waals surface area contributed by atoms with Crippen LogP contribution in [-0.2, 0) is 14.8 Å². The highest BCUT2D eigenvalue weighted by atomic mass is 32.2. The fourth-order valence-corrected chi connectivity index (χ4v) is 3.64. The molecule has 0 fully saturated rings. The number of nitrogens with zero attached hydrogens (tertiary/aromatic N) is 4. The lowest BCUT2D eigenvalue weighted by molar-refractivity contribution is -0.123. The summed E-state index contributed by atoms with van der Waals surface area (Å²) in [4.78, 5) is 12.2. The standard InChI is InChI=1S/C14H20N4O3S2/c1-14(2,3)11(19)9-22-13-16-15-12-7-6-10(8-18(12)13)23(20,21)17(4)5/h6-8H,9H2,1-5H3. The Labute approximate surface area is 140 Å². The van der Waals surface area contributed by atoms with Gasteiger partial charge in [0.1, 0.15) is 5.78 Å². The summed E-state index contributed by atoms with van der Waals surface area (Å²) in [6, 6.07) is 3.09. The van der Waals surface area contributed by atoms with Gasteiger partial charge in [-0.25, -0.2) is 12.7 Å². The van der Waals surface area contributed by atoms with Crippen LogP contribution in [0.15, 0.2) is 28.4 Å². The van der Waals surface area contributed by atoms with E-state index in [2.05, 4.69) is 10.2 Å². The predicted octanol–water partition coefficient (Wildman–Crippen LogP) is 1.69. The first-order valence-electron chi connectivity index (χ1n) is 6.97. The molecule has 2 heterocycles. The summed E-state index contributed by atoms with van der Waals surface area (Å²) in [6.07, 6.45) is 1.48. The molecule has 0 radical (unpaired) electrons. The zero-order valence-corrected chi connectivity index (χ0v) is 15.4. The number of pyridine rings is 1. The van der Waals surface area contributed by atoms with Gasteiger partial charge in [-0.2, -0.15) is 0 Å². The lowest BCUT2D eigenvalue weighted by Crippen LogP contribution is -2.22. The first-order chi connectivity index (χ1) is 10.5. The Morgan fingerprint density at radius 3 is 2.48 bits per heavy atom. The highest BCUT2D eigenvalue weighted by Gasteiger charge is 2.23. The van der Waals surface area contributed by atoms with E-state index >= 15 is 0 Å². The smallest absolute Gasteiger partial charge is 0.244 e. The molecule has 2 aromatic heterocycles. The van der Waals surface area contributed by atoms with Crippen LogP contribution in [0.1, 0.15) is 20.8 Å². The third kappa shape index (κ3) is 3.73. The van der Waals surface area contributed by atoms with Gasteiger partial charge in [-0.3, -0.25) is 9.20 Å². The van der Waals surface area contributed by atoms with Gasteiger partial charge in [0.05, 0.1) is 10.6 Å². The van der Waals surface area contributed by atoms with E-state index in [1.54, 1.807) is 10.5 Å². The number of aromatic nitrogens is 3. The Morgan fingerprint density at radius 1 is 1.26 bits per heavy atom. The number of fused-ring (bicyclic) bond motifs is 1. The van der Waals surface area contributed by atoms with Crippen LogP contribution >= 0.6 is 11.8 Å². The summed E-state index contributed by atoms with van der Waals surface area (Å²) in [7, 11) is -0.586. The molecular formula is C14H20N4O3S2. The number of carbonyl (C=O) groups excluding carboxylic acids is 1. The van der Waals surface area contributed by atoms with Gasteiger partial charge in [0, 0.05) is 25.7 Å². The topological polar surface area (TPSA) is 84.6 Å². The Bertz CT molecular complexity index is 835. The molecule has 2 rings (SSSR count). The van der Waals surface area contributed by atoms with Crippen molar-refractivity contribution >= 4 is 33.2 Å². The van der Waals surface area contributed by atoms with Crippen molar-refractivity contribution in [3.8, 4) is 0 Å². The summed E-state index contributed by atoms with van der Waals surface area (Å²) < 4.78 is 27.2. The second-order valence-electron chi connectivity index (χ2n) is 6.32. The maximum absolute atomic E-state index is 12.2. The van der Waals surface area contributed by atoms with Crippen molar-refractivity contribution in [3.63, 3.8) is 0 Å². The van der Waals surface area contributed by atoms with Crippen molar-refractivity contribution in [3.05, 3.63) is 18.3 Å². The van der Waals surface area contributed by atoms with Gasteiger partial charge < -0.3 is 0 Å². The Balaban J connectivity index is 2.34. The van der Waals surface area contributed by atoms with E-state index in [1.807, 2.05) is 20.8 Å². The van der Waals surface area contributed by atoms with E-state index in [9.17, 15) is 13.2 Å². The van der Waals surface area contributed by atoms with E-state index in [1.165, 1.54) is 38.1 Å². The van der Waals surface area contributed by atoms with Crippen molar-refractivity contribution < 1.29 is 13.2 Å². The number of hydrogen-bond donors (Lipinski definition) is 0. The minimum atomic E-state index is -3.54. The quantitative estimate of drug-likeness (QED) is 0.758. The zero-order valence-electron chi connectivity index (χ0n) is 13.8.